The van der Waals surface area contributed by atoms with E-state index in [0.29, 0.717) is 12.8 Å². The van der Waals surface area contributed by atoms with Crippen LogP contribution in [0.1, 0.15) is 26.2 Å². The molecule has 0 radical (unpaired) electrons. The molecular weight excluding hydrogens is 130 g/mol. The maximum atomic E-state index is 9.05. The Hall–Kier alpha value is -0.120. The zero-order chi connectivity index (χ0) is 7.98. The van der Waals surface area contributed by atoms with E-state index in [1.807, 2.05) is 6.92 Å². The minimum Gasteiger partial charge on any atom is -0.393 e. The molecule has 0 aliphatic heterocycles. The Balaban J connectivity index is 3.17. The first-order chi connectivity index (χ1) is 4.70. The highest BCUT2D eigenvalue weighted by Gasteiger charge is 2.04. The van der Waals surface area contributed by atoms with Crippen LogP contribution in [0.15, 0.2) is 0 Å². The number of rotatable bonds is 5. The van der Waals surface area contributed by atoms with Crippen molar-refractivity contribution in [3.63, 3.8) is 0 Å². The van der Waals surface area contributed by atoms with Crippen molar-refractivity contribution in [3.05, 3.63) is 0 Å². The van der Waals surface area contributed by atoms with E-state index in [4.69, 9.17) is 15.9 Å². The maximum Gasteiger partial charge on any atom is 0.0663 e. The summed E-state index contributed by atoms with van der Waals surface area (Å²) in [5.74, 6) is 0. The van der Waals surface area contributed by atoms with Crippen molar-refractivity contribution in [3.8, 4) is 0 Å². The fraction of sp³-hybridized carbons (Fsp3) is 1.00. The quantitative estimate of drug-likeness (QED) is 0.507. The van der Waals surface area contributed by atoms with Crippen molar-refractivity contribution in [1.82, 2.24) is 0 Å². The number of aliphatic hydroxyl groups excluding tert-OH is 2. The summed E-state index contributed by atoms with van der Waals surface area (Å²) in [7, 11) is 0. The van der Waals surface area contributed by atoms with E-state index in [9.17, 15) is 0 Å². The molecule has 0 aliphatic carbocycles. The van der Waals surface area contributed by atoms with Crippen LogP contribution in [0.25, 0.3) is 0 Å². The van der Waals surface area contributed by atoms with Gasteiger partial charge in [0.25, 0.3) is 0 Å². The van der Waals surface area contributed by atoms with Gasteiger partial charge < -0.3 is 15.9 Å². The molecule has 0 bridgehead atoms. The second-order valence-corrected chi connectivity index (χ2v) is 2.53. The second kappa shape index (κ2) is 5.65. The molecule has 4 N–H and O–H groups in total. The van der Waals surface area contributed by atoms with Crippen LogP contribution in [0, 0.1) is 0 Å². The first-order valence-electron chi connectivity index (χ1n) is 3.76. The highest BCUT2D eigenvalue weighted by atomic mass is 16.3. The van der Waals surface area contributed by atoms with Crippen LogP contribution in [0.2, 0.25) is 0 Å². The summed E-state index contributed by atoms with van der Waals surface area (Å²) in [6.45, 7) is 2.20. The Morgan fingerprint density at radius 1 is 1.20 bits per heavy atom. The van der Waals surface area contributed by atoms with E-state index in [2.05, 4.69) is 0 Å². The average Bonchev–Trinajstić information content (AvgIpc) is 1.99. The molecule has 62 valence electrons. The monoisotopic (exact) mass is 147 g/mol. The molecular formula is C7H17NO2. The molecule has 0 saturated carbocycles. The Kier molecular flexibility index (Phi) is 5.58. The Labute approximate surface area is 61.9 Å². The third kappa shape index (κ3) is 4.73. The van der Waals surface area contributed by atoms with E-state index in [1.165, 1.54) is 0 Å². The van der Waals surface area contributed by atoms with Gasteiger partial charge in [-0.05, 0) is 19.3 Å². The van der Waals surface area contributed by atoms with E-state index >= 15 is 0 Å². The van der Waals surface area contributed by atoms with Crippen LogP contribution in [0.5, 0.6) is 0 Å². The summed E-state index contributed by atoms with van der Waals surface area (Å²) in [6, 6.07) is 0. The van der Waals surface area contributed by atoms with Gasteiger partial charge in [-0.1, -0.05) is 6.92 Å². The molecule has 0 aromatic rings. The van der Waals surface area contributed by atoms with Gasteiger partial charge in [-0.25, -0.2) is 0 Å². The van der Waals surface area contributed by atoms with Gasteiger partial charge >= 0.3 is 0 Å². The lowest BCUT2D eigenvalue weighted by Gasteiger charge is -2.10. The van der Waals surface area contributed by atoms with Crippen LogP contribution in [-0.4, -0.2) is 29.0 Å². The SMILES string of the molecule is CCC(O)CCC(O)CN. The average molecular weight is 147 g/mol. The number of nitrogens with two attached hydrogens (primary N) is 1. The standard InChI is InChI=1S/C7H17NO2/c1-2-6(9)3-4-7(10)5-8/h6-7,9-10H,2-5,8H2,1H3. The van der Waals surface area contributed by atoms with E-state index in [0.717, 1.165) is 6.42 Å². The lowest BCUT2D eigenvalue weighted by Crippen LogP contribution is -2.21. The van der Waals surface area contributed by atoms with Crippen molar-refractivity contribution in [2.24, 2.45) is 5.73 Å². The van der Waals surface area contributed by atoms with Crippen LogP contribution < -0.4 is 5.73 Å². The predicted molar refractivity (Wildman–Crippen MR) is 40.6 cm³/mol. The zero-order valence-electron chi connectivity index (χ0n) is 6.45. The Morgan fingerprint density at radius 3 is 2.10 bits per heavy atom. The summed E-state index contributed by atoms with van der Waals surface area (Å²) in [4.78, 5) is 0. The summed E-state index contributed by atoms with van der Waals surface area (Å²) in [5, 5.41) is 18.0. The first kappa shape index (κ1) is 9.88. The molecule has 0 heterocycles. The van der Waals surface area contributed by atoms with Gasteiger partial charge in [0.05, 0.1) is 12.2 Å². The van der Waals surface area contributed by atoms with Gasteiger partial charge in [-0.3, -0.25) is 0 Å². The van der Waals surface area contributed by atoms with Crippen LogP contribution >= 0.6 is 0 Å². The van der Waals surface area contributed by atoms with Gasteiger partial charge in [0, 0.05) is 6.54 Å². The summed E-state index contributed by atoms with van der Waals surface area (Å²) in [5.41, 5.74) is 5.17. The van der Waals surface area contributed by atoms with Crippen LogP contribution in [-0.2, 0) is 0 Å². The van der Waals surface area contributed by atoms with Crippen molar-refractivity contribution in [1.29, 1.82) is 0 Å². The summed E-state index contributed by atoms with van der Waals surface area (Å²) in [6.07, 6.45) is 1.28. The molecule has 0 saturated heterocycles. The highest BCUT2D eigenvalue weighted by Crippen LogP contribution is 2.03. The highest BCUT2D eigenvalue weighted by molar-refractivity contribution is 4.59. The van der Waals surface area contributed by atoms with Crippen LogP contribution in [0.4, 0.5) is 0 Å². The minimum atomic E-state index is -0.443. The fourth-order valence-corrected chi connectivity index (χ4v) is 0.707. The number of aliphatic hydroxyl groups is 2. The van der Waals surface area contributed by atoms with Crippen molar-refractivity contribution in [2.75, 3.05) is 6.54 Å². The lowest BCUT2D eigenvalue weighted by atomic mass is 10.1. The third-order valence-electron chi connectivity index (χ3n) is 1.58. The molecule has 2 atom stereocenters. The van der Waals surface area contributed by atoms with Crippen LogP contribution in [0.3, 0.4) is 0 Å². The molecule has 0 spiro atoms. The fourth-order valence-electron chi connectivity index (χ4n) is 0.707. The lowest BCUT2D eigenvalue weighted by molar-refractivity contribution is 0.115. The van der Waals surface area contributed by atoms with E-state index in [-0.39, 0.29) is 12.6 Å². The largest absolute Gasteiger partial charge is 0.393 e. The van der Waals surface area contributed by atoms with Gasteiger partial charge in [-0.15, -0.1) is 0 Å². The van der Waals surface area contributed by atoms with Gasteiger partial charge in [0.15, 0.2) is 0 Å². The third-order valence-corrected chi connectivity index (χ3v) is 1.58. The molecule has 0 aliphatic rings. The molecule has 10 heavy (non-hydrogen) atoms. The molecule has 2 unspecified atom stereocenters. The molecule has 3 nitrogen and oxygen atoms in total. The molecule has 0 aromatic heterocycles. The first-order valence-corrected chi connectivity index (χ1v) is 3.76. The Morgan fingerprint density at radius 2 is 1.70 bits per heavy atom. The van der Waals surface area contributed by atoms with Gasteiger partial charge in [0.2, 0.25) is 0 Å². The minimum absolute atomic E-state index is 0.277. The maximum absolute atomic E-state index is 9.05. The molecule has 0 rings (SSSR count). The normalized spacial score (nSPS) is 16.8. The molecule has 0 fully saturated rings. The Bertz CT molecular complexity index is 68.0. The summed E-state index contributed by atoms with van der Waals surface area (Å²) >= 11 is 0. The molecule has 0 aromatic carbocycles. The van der Waals surface area contributed by atoms with Gasteiger partial charge in [0.1, 0.15) is 0 Å². The number of hydrogen-bond donors (Lipinski definition) is 3. The summed E-state index contributed by atoms with van der Waals surface area (Å²) < 4.78 is 0. The number of hydrogen-bond acceptors (Lipinski definition) is 3. The topological polar surface area (TPSA) is 66.5 Å². The smallest absolute Gasteiger partial charge is 0.0663 e. The zero-order valence-corrected chi connectivity index (χ0v) is 6.45. The van der Waals surface area contributed by atoms with E-state index in [1.54, 1.807) is 0 Å². The van der Waals surface area contributed by atoms with Gasteiger partial charge in [-0.2, -0.15) is 0 Å². The molecule has 0 amide bonds. The predicted octanol–water partition coefficient (Wildman–Crippen LogP) is -0.143. The van der Waals surface area contributed by atoms with Crippen molar-refractivity contribution >= 4 is 0 Å². The molecule has 3 heteroatoms. The van der Waals surface area contributed by atoms with Crippen molar-refractivity contribution < 1.29 is 10.2 Å². The van der Waals surface area contributed by atoms with E-state index < -0.39 is 6.10 Å². The van der Waals surface area contributed by atoms with Crippen molar-refractivity contribution in [2.45, 2.75) is 38.4 Å². The second-order valence-electron chi connectivity index (χ2n) is 2.53.